The molecule has 1 unspecified atom stereocenters. The quantitative estimate of drug-likeness (QED) is 0.785. The Labute approximate surface area is 152 Å². The lowest BCUT2D eigenvalue weighted by atomic mass is 9.77. The van der Waals surface area contributed by atoms with Gasteiger partial charge in [0.1, 0.15) is 15.7 Å². The maximum Gasteiger partial charge on any atom is 0.400 e. The summed E-state index contributed by atoms with van der Waals surface area (Å²) in [7, 11) is 0. The van der Waals surface area contributed by atoms with Crippen molar-refractivity contribution in [3.63, 3.8) is 0 Å². The molecule has 3 rings (SSSR count). The van der Waals surface area contributed by atoms with E-state index in [1.54, 1.807) is 24.3 Å². The van der Waals surface area contributed by atoms with Gasteiger partial charge in [0, 0.05) is 18.7 Å². The number of halogens is 5. The van der Waals surface area contributed by atoms with Gasteiger partial charge in [0.15, 0.2) is 0 Å². The number of alkyl halides is 3. The predicted molar refractivity (Wildman–Crippen MR) is 92.3 cm³/mol. The maximum atomic E-state index is 14.0. The summed E-state index contributed by atoms with van der Waals surface area (Å²) in [6.07, 6.45) is -4.79. The van der Waals surface area contributed by atoms with E-state index in [0.29, 0.717) is 17.8 Å². The SMILES string of the molecule is NCc1ccc(C2=NCC(c3cc(Cl)nc(Cl)c3)(C(F)(F)F)C2)cc1. The van der Waals surface area contributed by atoms with E-state index in [2.05, 4.69) is 9.98 Å². The van der Waals surface area contributed by atoms with E-state index in [1.807, 2.05) is 0 Å². The van der Waals surface area contributed by atoms with Crippen LogP contribution in [-0.4, -0.2) is 23.4 Å². The number of pyridine rings is 1. The minimum Gasteiger partial charge on any atom is -0.326 e. The zero-order valence-electron chi connectivity index (χ0n) is 12.9. The van der Waals surface area contributed by atoms with Crippen LogP contribution in [0.3, 0.4) is 0 Å². The van der Waals surface area contributed by atoms with Crippen molar-refractivity contribution < 1.29 is 13.2 Å². The van der Waals surface area contributed by atoms with Crippen LogP contribution in [0.5, 0.6) is 0 Å². The molecule has 3 nitrogen and oxygen atoms in total. The van der Waals surface area contributed by atoms with Crippen molar-refractivity contribution in [3.05, 3.63) is 63.4 Å². The first-order valence-corrected chi connectivity index (χ1v) is 8.24. The third-order valence-corrected chi connectivity index (χ3v) is 4.78. The average molecular weight is 388 g/mol. The van der Waals surface area contributed by atoms with Gasteiger partial charge >= 0.3 is 6.18 Å². The van der Waals surface area contributed by atoms with E-state index in [-0.39, 0.29) is 22.3 Å². The molecule has 1 aromatic carbocycles. The Morgan fingerprint density at radius 1 is 1.08 bits per heavy atom. The van der Waals surface area contributed by atoms with Crippen LogP contribution in [0.1, 0.15) is 23.1 Å². The molecule has 0 saturated carbocycles. The molecule has 1 aromatic heterocycles. The Kier molecular flexibility index (Phi) is 4.79. The van der Waals surface area contributed by atoms with Gasteiger partial charge in [-0.05, 0) is 28.8 Å². The van der Waals surface area contributed by atoms with Gasteiger partial charge in [-0.3, -0.25) is 4.99 Å². The third-order valence-electron chi connectivity index (χ3n) is 4.39. The monoisotopic (exact) mass is 387 g/mol. The zero-order valence-corrected chi connectivity index (χ0v) is 14.5. The summed E-state index contributed by atoms with van der Waals surface area (Å²) in [6.45, 7) is -0.0472. The molecule has 0 saturated heterocycles. The van der Waals surface area contributed by atoms with Crippen LogP contribution in [0.15, 0.2) is 41.4 Å². The molecule has 132 valence electrons. The Morgan fingerprint density at radius 2 is 1.68 bits per heavy atom. The highest BCUT2D eigenvalue weighted by atomic mass is 35.5. The molecule has 1 atom stereocenters. The van der Waals surface area contributed by atoms with Crippen LogP contribution in [0.2, 0.25) is 10.3 Å². The second kappa shape index (κ2) is 6.59. The number of aromatic nitrogens is 1. The standard InChI is InChI=1S/C17H14Cl2F3N3/c18-14-5-12(6-15(19)25-14)16(17(20,21)22)7-13(24-9-16)11-3-1-10(8-23)2-4-11/h1-6H,7-9,23H2. The van der Waals surface area contributed by atoms with Gasteiger partial charge in [-0.15, -0.1) is 0 Å². The summed E-state index contributed by atoms with van der Waals surface area (Å²) in [4.78, 5) is 7.91. The Balaban J connectivity index is 2.00. The molecule has 1 aliphatic heterocycles. The van der Waals surface area contributed by atoms with Crippen molar-refractivity contribution in [1.29, 1.82) is 0 Å². The molecule has 0 amide bonds. The molecule has 2 aromatic rings. The lowest BCUT2D eigenvalue weighted by Gasteiger charge is -2.31. The molecule has 25 heavy (non-hydrogen) atoms. The van der Waals surface area contributed by atoms with E-state index in [9.17, 15) is 13.2 Å². The number of nitrogens with two attached hydrogens (primary N) is 1. The number of hydrogen-bond acceptors (Lipinski definition) is 3. The van der Waals surface area contributed by atoms with Gasteiger partial charge in [0.25, 0.3) is 0 Å². The second-order valence-electron chi connectivity index (χ2n) is 5.92. The molecule has 0 bridgehead atoms. The van der Waals surface area contributed by atoms with Crippen molar-refractivity contribution in [3.8, 4) is 0 Å². The van der Waals surface area contributed by atoms with Crippen molar-refractivity contribution >= 4 is 28.9 Å². The molecule has 0 fully saturated rings. The minimum atomic E-state index is -4.51. The molecule has 0 spiro atoms. The zero-order chi connectivity index (χ0) is 18.2. The predicted octanol–water partition coefficient (Wildman–Crippen LogP) is 4.54. The van der Waals surface area contributed by atoms with Crippen LogP contribution in [0.25, 0.3) is 0 Å². The van der Waals surface area contributed by atoms with E-state index >= 15 is 0 Å². The largest absolute Gasteiger partial charge is 0.400 e. The fraction of sp³-hybridized carbons (Fsp3) is 0.294. The van der Waals surface area contributed by atoms with Crippen molar-refractivity contribution in [2.24, 2.45) is 10.7 Å². The Hall–Kier alpha value is -1.63. The number of aliphatic imine (C=N–C) groups is 1. The average Bonchev–Trinajstić information content (AvgIpc) is 3.00. The summed E-state index contributed by atoms with van der Waals surface area (Å²) < 4.78 is 41.9. The Morgan fingerprint density at radius 3 is 2.20 bits per heavy atom. The summed E-state index contributed by atoms with van der Waals surface area (Å²) in [5.74, 6) is 0. The number of hydrogen-bond donors (Lipinski definition) is 1. The van der Waals surface area contributed by atoms with E-state index in [1.165, 1.54) is 12.1 Å². The van der Waals surface area contributed by atoms with Crippen LogP contribution < -0.4 is 5.73 Å². The summed E-state index contributed by atoms with van der Waals surface area (Å²) in [5, 5.41) is -0.154. The maximum absolute atomic E-state index is 14.0. The topological polar surface area (TPSA) is 51.3 Å². The molecular formula is C17H14Cl2F3N3. The highest BCUT2D eigenvalue weighted by Gasteiger charge is 2.58. The van der Waals surface area contributed by atoms with Crippen LogP contribution in [0.4, 0.5) is 13.2 Å². The summed E-state index contributed by atoms with van der Waals surface area (Å²) >= 11 is 11.6. The highest BCUT2D eigenvalue weighted by Crippen LogP contribution is 2.48. The van der Waals surface area contributed by atoms with Crippen LogP contribution in [-0.2, 0) is 12.0 Å². The van der Waals surface area contributed by atoms with Gasteiger partial charge in [-0.25, -0.2) is 4.98 Å². The first kappa shape index (κ1) is 18.2. The second-order valence-corrected chi connectivity index (χ2v) is 6.70. The first-order valence-electron chi connectivity index (χ1n) is 7.48. The van der Waals surface area contributed by atoms with Crippen LogP contribution >= 0.6 is 23.2 Å². The third kappa shape index (κ3) is 3.38. The van der Waals surface area contributed by atoms with Crippen molar-refractivity contribution in [2.75, 3.05) is 6.54 Å². The molecule has 0 aliphatic carbocycles. The van der Waals surface area contributed by atoms with Gasteiger partial charge in [-0.2, -0.15) is 13.2 Å². The van der Waals surface area contributed by atoms with E-state index in [0.717, 1.165) is 5.56 Å². The number of rotatable bonds is 3. The minimum absolute atomic E-state index is 0.0256. The van der Waals surface area contributed by atoms with E-state index < -0.39 is 18.1 Å². The fourth-order valence-electron chi connectivity index (χ4n) is 2.94. The summed E-state index contributed by atoms with van der Waals surface area (Å²) in [5.41, 5.74) is 5.30. The fourth-order valence-corrected chi connectivity index (χ4v) is 3.40. The smallest absolute Gasteiger partial charge is 0.326 e. The first-order chi connectivity index (χ1) is 11.7. The molecule has 1 aliphatic rings. The highest BCUT2D eigenvalue weighted by molar-refractivity contribution is 6.32. The lowest BCUT2D eigenvalue weighted by molar-refractivity contribution is -0.183. The normalized spacial score (nSPS) is 20.6. The molecular weight excluding hydrogens is 374 g/mol. The van der Waals surface area contributed by atoms with Crippen molar-refractivity contribution in [2.45, 2.75) is 24.6 Å². The molecule has 0 radical (unpaired) electrons. The molecule has 2 N–H and O–H groups in total. The van der Waals surface area contributed by atoms with Gasteiger partial charge in [0.2, 0.25) is 0 Å². The van der Waals surface area contributed by atoms with Crippen LogP contribution in [0, 0.1) is 0 Å². The molecule has 2 heterocycles. The molecule has 8 heteroatoms. The van der Waals surface area contributed by atoms with E-state index in [4.69, 9.17) is 28.9 Å². The lowest BCUT2D eigenvalue weighted by Crippen LogP contribution is -2.43. The van der Waals surface area contributed by atoms with Crippen molar-refractivity contribution in [1.82, 2.24) is 4.98 Å². The Bertz CT molecular complexity index is 799. The number of benzene rings is 1. The van der Waals surface area contributed by atoms with Gasteiger partial charge < -0.3 is 5.73 Å². The number of nitrogens with zero attached hydrogens (tertiary/aromatic N) is 2. The van der Waals surface area contributed by atoms with Gasteiger partial charge in [0.05, 0.1) is 6.54 Å². The van der Waals surface area contributed by atoms with Gasteiger partial charge in [-0.1, -0.05) is 47.5 Å². The summed E-state index contributed by atoms with van der Waals surface area (Å²) in [6, 6.07) is 9.45.